The predicted molar refractivity (Wildman–Crippen MR) is 208 cm³/mol. The number of aliphatic imine (C=N–C) groups is 1. The lowest BCUT2D eigenvalue weighted by molar-refractivity contribution is 0.505. The van der Waals surface area contributed by atoms with Gasteiger partial charge in [-0.15, -0.1) is 0 Å². The molecule has 0 heterocycles. The standard InChI is InChI=1S/C20H26N2.C10H20.3C4H10/c1-7-11-20(19(8-2)15(3)4)22-17(6)21-14-18-13-10-9-12-16(18)5;1-5-7-10(8-6-2)9(3)4;3*1-3-4-2/h7-13,21H,3,6,14H2,1-2,4-5H3;10H,3,5-8H2,1-2,4H3;3*3-4H2,1-2H3/b11-7-,19-8-,22-20-;;;;. The smallest absolute Gasteiger partial charge is 0.119 e. The van der Waals surface area contributed by atoms with Crippen molar-refractivity contribution in [1.29, 1.82) is 0 Å². The van der Waals surface area contributed by atoms with Crippen LogP contribution in [0.3, 0.4) is 0 Å². The number of aryl methyl sites for hydroxylation is 1. The lowest BCUT2D eigenvalue weighted by atomic mass is 9.92. The van der Waals surface area contributed by atoms with Crippen molar-refractivity contribution in [3.8, 4) is 0 Å². The molecule has 0 saturated carbocycles. The lowest BCUT2D eigenvalue weighted by Gasteiger charge is -2.14. The van der Waals surface area contributed by atoms with Crippen LogP contribution in [0.4, 0.5) is 0 Å². The zero-order valence-electron chi connectivity index (χ0n) is 32.0. The quantitative estimate of drug-likeness (QED) is 0.119. The third-order valence-corrected chi connectivity index (χ3v) is 6.82. The van der Waals surface area contributed by atoms with Crippen molar-refractivity contribution in [2.45, 2.75) is 161 Å². The van der Waals surface area contributed by atoms with Gasteiger partial charge in [0, 0.05) is 6.54 Å². The zero-order valence-corrected chi connectivity index (χ0v) is 32.0. The molecule has 0 radical (unpaired) electrons. The molecule has 0 fully saturated rings. The monoisotopic (exact) mass is 609 g/mol. The van der Waals surface area contributed by atoms with Crippen molar-refractivity contribution in [2.24, 2.45) is 10.9 Å². The maximum atomic E-state index is 4.60. The van der Waals surface area contributed by atoms with Gasteiger partial charge < -0.3 is 5.32 Å². The maximum absolute atomic E-state index is 4.60. The fourth-order valence-electron chi connectivity index (χ4n) is 3.48. The Morgan fingerprint density at radius 1 is 0.750 bits per heavy atom. The summed E-state index contributed by atoms with van der Waals surface area (Å²) in [7, 11) is 0. The SMILES string of the molecule is C=C(/N=C(/C=C\C)C(=C/C)\C(=C)C)NCc1ccccc1C.C=C(C)C(CCC)CCC.CCCC.CCCC.CCCC. The van der Waals surface area contributed by atoms with Gasteiger partial charge in [0.25, 0.3) is 0 Å². The van der Waals surface area contributed by atoms with Gasteiger partial charge in [0.2, 0.25) is 0 Å². The van der Waals surface area contributed by atoms with Crippen molar-refractivity contribution < 1.29 is 0 Å². The van der Waals surface area contributed by atoms with E-state index in [0.717, 1.165) is 29.3 Å². The lowest BCUT2D eigenvalue weighted by Crippen LogP contribution is -2.13. The Morgan fingerprint density at radius 3 is 1.52 bits per heavy atom. The molecule has 0 amide bonds. The van der Waals surface area contributed by atoms with Crippen LogP contribution in [-0.2, 0) is 6.54 Å². The molecule has 0 atom stereocenters. The Kier molecular flexibility index (Phi) is 40.2. The van der Waals surface area contributed by atoms with E-state index in [4.69, 9.17) is 0 Å². The van der Waals surface area contributed by atoms with E-state index in [1.165, 1.54) is 80.9 Å². The maximum Gasteiger partial charge on any atom is 0.119 e. The molecule has 0 aromatic heterocycles. The van der Waals surface area contributed by atoms with Crippen LogP contribution >= 0.6 is 0 Å². The minimum Gasteiger partial charge on any atom is -0.366 e. The van der Waals surface area contributed by atoms with E-state index in [2.05, 4.69) is 111 Å². The number of benzene rings is 1. The second-order valence-electron chi connectivity index (χ2n) is 11.3. The highest BCUT2D eigenvalue weighted by Gasteiger charge is 2.06. The van der Waals surface area contributed by atoms with Crippen molar-refractivity contribution in [2.75, 3.05) is 0 Å². The van der Waals surface area contributed by atoms with Crippen molar-refractivity contribution in [3.05, 3.63) is 95.9 Å². The van der Waals surface area contributed by atoms with Gasteiger partial charge in [-0.05, 0) is 81.7 Å². The summed E-state index contributed by atoms with van der Waals surface area (Å²) in [6, 6.07) is 8.30. The summed E-state index contributed by atoms with van der Waals surface area (Å²) in [5.74, 6) is 1.44. The molecule has 0 aliphatic heterocycles. The third kappa shape index (κ3) is 30.8. The molecule has 1 N–H and O–H groups in total. The van der Waals surface area contributed by atoms with E-state index in [1.54, 1.807) is 0 Å². The molecule has 0 spiro atoms. The number of nitrogens with one attached hydrogen (secondary N) is 1. The van der Waals surface area contributed by atoms with Crippen molar-refractivity contribution in [1.82, 2.24) is 5.32 Å². The zero-order chi connectivity index (χ0) is 34.8. The first-order chi connectivity index (χ1) is 21.0. The average Bonchev–Trinajstić information content (AvgIpc) is 3.01. The van der Waals surface area contributed by atoms with Gasteiger partial charge in [-0.25, -0.2) is 4.99 Å². The molecule has 0 bridgehead atoms. The second-order valence-corrected chi connectivity index (χ2v) is 11.3. The molecule has 0 saturated heterocycles. The molecule has 254 valence electrons. The van der Waals surface area contributed by atoms with E-state index in [1.807, 2.05) is 51.1 Å². The predicted octanol–water partition coefficient (Wildman–Crippen LogP) is 14.3. The molecule has 1 aromatic rings. The van der Waals surface area contributed by atoms with E-state index < -0.39 is 0 Å². The van der Waals surface area contributed by atoms with Gasteiger partial charge in [-0.3, -0.25) is 0 Å². The Balaban J connectivity index is -0.000000298. The van der Waals surface area contributed by atoms with Crippen LogP contribution < -0.4 is 5.32 Å². The average molecular weight is 609 g/mol. The number of hydrogen-bond donors (Lipinski definition) is 1. The molecule has 0 aliphatic carbocycles. The number of rotatable bonds is 15. The van der Waals surface area contributed by atoms with Gasteiger partial charge in [0.1, 0.15) is 5.82 Å². The topological polar surface area (TPSA) is 24.4 Å². The minimum absolute atomic E-state index is 0.650. The Hall–Kier alpha value is -2.61. The second kappa shape index (κ2) is 36.6. The van der Waals surface area contributed by atoms with E-state index in [0.29, 0.717) is 5.82 Å². The molecule has 44 heavy (non-hydrogen) atoms. The van der Waals surface area contributed by atoms with Crippen LogP contribution in [0, 0.1) is 12.8 Å². The number of hydrogen-bond acceptors (Lipinski definition) is 2. The van der Waals surface area contributed by atoms with Gasteiger partial charge in [0.15, 0.2) is 0 Å². The number of unbranched alkanes of at least 4 members (excludes halogenated alkanes) is 3. The molecular weight excluding hydrogens is 532 g/mol. The van der Waals surface area contributed by atoms with Gasteiger partial charge in [-0.1, -0.05) is 168 Å². The summed E-state index contributed by atoms with van der Waals surface area (Å²) in [6.45, 7) is 40.5. The first-order valence-electron chi connectivity index (χ1n) is 17.6. The minimum atomic E-state index is 0.650. The van der Waals surface area contributed by atoms with Gasteiger partial charge in [-0.2, -0.15) is 0 Å². The normalized spacial score (nSPS) is 10.7. The molecule has 1 aromatic carbocycles. The van der Waals surface area contributed by atoms with Crippen molar-refractivity contribution >= 4 is 5.71 Å². The first kappa shape index (κ1) is 48.3. The van der Waals surface area contributed by atoms with Crippen LogP contribution in [0.1, 0.15) is 158 Å². The Labute approximate surface area is 278 Å². The third-order valence-electron chi connectivity index (χ3n) is 6.82. The van der Waals surface area contributed by atoms with Gasteiger partial charge >= 0.3 is 0 Å². The fraction of sp³-hybridized carbons (Fsp3) is 0.595. The Bertz CT molecular complexity index is 892. The highest BCUT2D eigenvalue weighted by atomic mass is 15.0. The fourth-order valence-corrected chi connectivity index (χ4v) is 3.48. The van der Waals surface area contributed by atoms with Crippen LogP contribution in [0.25, 0.3) is 0 Å². The van der Waals surface area contributed by atoms with E-state index >= 15 is 0 Å². The number of allylic oxidation sites excluding steroid dienone is 6. The summed E-state index contributed by atoms with van der Waals surface area (Å²) in [5, 5.41) is 3.27. The molecule has 2 heteroatoms. The number of nitrogens with zero attached hydrogens (tertiary/aromatic N) is 1. The first-order valence-corrected chi connectivity index (χ1v) is 17.6. The molecular formula is C42H76N2. The molecule has 2 nitrogen and oxygen atoms in total. The van der Waals surface area contributed by atoms with Crippen LogP contribution in [0.5, 0.6) is 0 Å². The van der Waals surface area contributed by atoms with Gasteiger partial charge in [0.05, 0.1) is 5.71 Å². The summed E-state index contributed by atoms with van der Waals surface area (Å²) >= 11 is 0. The molecule has 0 aliphatic rings. The van der Waals surface area contributed by atoms with E-state index in [-0.39, 0.29) is 0 Å². The van der Waals surface area contributed by atoms with Crippen LogP contribution in [0.2, 0.25) is 0 Å². The summed E-state index contributed by atoms with van der Waals surface area (Å²) in [5.41, 5.74) is 6.78. The summed E-state index contributed by atoms with van der Waals surface area (Å²) in [4.78, 5) is 4.60. The largest absolute Gasteiger partial charge is 0.366 e. The highest BCUT2D eigenvalue weighted by Crippen LogP contribution is 2.20. The van der Waals surface area contributed by atoms with E-state index in [9.17, 15) is 0 Å². The molecule has 1 rings (SSSR count). The highest BCUT2D eigenvalue weighted by molar-refractivity contribution is 6.11. The summed E-state index contributed by atoms with van der Waals surface area (Å²) in [6.07, 6.45) is 19.1. The summed E-state index contributed by atoms with van der Waals surface area (Å²) < 4.78 is 0. The molecule has 0 unspecified atom stereocenters. The van der Waals surface area contributed by atoms with Crippen LogP contribution in [0.15, 0.2) is 89.8 Å². The Morgan fingerprint density at radius 2 is 1.20 bits per heavy atom. The van der Waals surface area contributed by atoms with Crippen molar-refractivity contribution in [3.63, 3.8) is 0 Å². The van der Waals surface area contributed by atoms with Crippen LogP contribution in [-0.4, -0.2) is 5.71 Å².